The maximum Gasteiger partial charge on any atom is 0.316 e. The number of ether oxygens (including phenoxy) is 1. The van der Waals surface area contributed by atoms with Gasteiger partial charge in [0.15, 0.2) is 5.78 Å². The van der Waals surface area contributed by atoms with E-state index in [1.54, 1.807) is 25.3 Å². The van der Waals surface area contributed by atoms with Gasteiger partial charge in [0.2, 0.25) is 0 Å². The average molecular weight is 250 g/mol. The lowest BCUT2D eigenvalue weighted by molar-refractivity contribution is -0.144. The molecule has 0 atom stereocenters. The topological polar surface area (TPSA) is 63.6 Å². The molecule has 98 valence electrons. The highest BCUT2D eigenvalue weighted by Crippen LogP contribution is 2.26. The predicted molar refractivity (Wildman–Crippen MR) is 68.1 cm³/mol. The van der Waals surface area contributed by atoms with Crippen molar-refractivity contribution in [1.82, 2.24) is 0 Å². The molecule has 0 aromatic heterocycles. The fourth-order valence-electron chi connectivity index (χ4n) is 1.65. The molecule has 4 heteroatoms. The lowest BCUT2D eigenvalue weighted by Gasteiger charge is -2.18. The molecule has 0 radical (unpaired) electrons. The van der Waals surface area contributed by atoms with Crippen LogP contribution in [0.1, 0.15) is 36.7 Å². The first-order valence-electron chi connectivity index (χ1n) is 5.79. The molecule has 0 aliphatic heterocycles. The summed E-state index contributed by atoms with van der Waals surface area (Å²) in [5, 5.41) is 9.05. The van der Waals surface area contributed by atoms with E-state index in [9.17, 15) is 9.59 Å². The molecule has 0 heterocycles. The molecule has 0 bridgehead atoms. The highest BCUT2D eigenvalue weighted by Gasteiger charge is 2.36. The average Bonchev–Trinajstić information content (AvgIpc) is 2.36. The van der Waals surface area contributed by atoms with Crippen LogP contribution in [-0.2, 0) is 11.2 Å². The van der Waals surface area contributed by atoms with Gasteiger partial charge in [0.05, 0.1) is 7.11 Å². The fraction of sp³-hybridized carbons (Fsp3) is 0.429. The first-order valence-corrected chi connectivity index (χ1v) is 5.79. The number of carbonyl (C=O) groups excluding carboxylic acids is 1. The Hall–Kier alpha value is -1.84. The zero-order chi connectivity index (χ0) is 13.9. The third-order valence-electron chi connectivity index (χ3n) is 3.03. The van der Waals surface area contributed by atoms with E-state index < -0.39 is 17.2 Å². The first kappa shape index (κ1) is 14.2. The number of carbonyl (C=O) groups is 2. The zero-order valence-corrected chi connectivity index (χ0v) is 11.1. The summed E-state index contributed by atoms with van der Waals surface area (Å²) in [6, 6.07) is 5.00. The maximum absolute atomic E-state index is 12.2. The van der Waals surface area contributed by atoms with Crippen molar-refractivity contribution in [1.29, 1.82) is 0 Å². The molecular weight excluding hydrogens is 232 g/mol. The van der Waals surface area contributed by atoms with Gasteiger partial charge in [-0.15, -0.1) is 0 Å². The van der Waals surface area contributed by atoms with Gasteiger partial charge < -0.3 is 9.84 Å². The van der Waals surface area contributed by atoms with Gasteiger partial charge in [-0.3, -0.25) is 9.59 Å². The van der Waals surface area contributed by atoms with E-state index in [0.29, 0.717) is 11.3 Å². The summed E-state index contributed by atoms with van der Waals surface area (Å²) >= 11 is 0. The number of benzene rings is 1. The minimum Gasteiger partial charge on any atom is -0.496 e. The monoisotopic (exact) mass is 250 g/mol. The van der Waals surface area contributed by atoms with Crippen molar-refractivity contribution < 1.29 is 19.4 Å². The Morgan fingerprint density at radius 3 is 2.39 bits per heavy atom. The summed E-state index contributed by atoms with van der Waals surface area (Å²) in [6.07, 6.45) is 0.720. The van der Waals surface area contributed by atoms with Gasteiger partial charge in [0.1, 0.15) is 11.2 Å². The number of hydrogen-bond acceptors (Lipinski definition) is 3. The summed E-state index contributed by atoms with van der Waals surface area (Å²) in [6.45, 7) is 4.77. The molecule has 18 heavy (non-hydrogen) atoms. The van der Waals surface area contributed by atoms with Gasteiger partial charge >= 0.3 is 5.97 Å². The second kappa shape index (κ2) is 5.21. The number of carboxylic acid groups (broad SMARTS) is 1. The van der Waals surface area contributed by atoms with Gasteiger partial charge in [0.25, 0.3) is 0 Å². The van der Waals surface area contributed by atoms with Crippen LogP contribution in [0.4, 0.5) is 0 Å². The van der Waals surface area contributed by atoms with Crippen molar-refractivity contribution in [3.63, 3.8) is 0 Å². The second-order valence-electron chi connectivity index (χ2n) is 4.64. The molecular formula is C14H18O4. The highest BCUT2D eigenvalue weighted by molar-refractivity contribution is 6.11. The summed E-state index contributed by atoms with van der Waals surface area (Å²) in [7, 11) is 1.57. The lowest BCUT2D eigenvalue weighted by Crippen LogP contribution is -2.33. The van der Waals surface area contributed by atoms with Crippen LogP contribution < -0.4 is 4.74 Å². The SMILES string of the molecule is CCc1cc(C(=O)C(C)(C)C(=O)O)ccc1OC. The second-order valence-corrected chi connectivity index (χ2v) is 4.64. The van der Waals surface area contributed by atoms with Crippen LogP contribution in [0.2, 0.25) is 0 Å². The van der Waals surface area contributed by atoms with Crippen LogP contribution in [0, 0.1) is 5.41 Å². The van der Waals surface area contributed by atoms with Crippen LogP contribution in [0.15, 0.2) is 18.2 Å². The molecule has 1 rings (SSSR count). The number of ketones is 1. The normalized spacial score (nSPS) is 11.1. The quantitative estimate of drug-likeness (QED) is 0.644. The van der Waals surface area contributed by atoms with Crippen molar-refractivity contribution in [3.8, 4) is 5.75 Å². The Balaban J connectivity index is 3.19. The van der Waals surface area contributed by atoms with Crippen LogP contribution >= 0.6 is 0 Å². The van der Waals surface area contributed by atoms with E-state index in [-0.39, 0.29) is 0 Å². The van der Waals surface area contributed by atoms with E-state index >= 15 is 0 Å². The van der Waals surface area contributed by atoms with Crippen molar-refractivity contribution in [2.24, 2.45) is 5.41 Å². The van der Waals surface area contributed by atoms with Crippen molar-refractivity contribution in [2.45, 2.75) is 27.2 Å². The Morgan fingerprint density at radius 1 is 1.33 bits per heavy atom. The van der Waals surface area contributed by atoms with Crippen LogP contribution in [-0.4, -0.2) is 24.0 Å². The Labute approximate surface area is 107 Å². The number of aliphatic carboxylic acids is 1. The van der Waals surface area contributed by atoms with Crippen molar-refractivity contribution >= 4 is 11.8 Å². The van der Waals surface area contributed by atoms with E-state index in [0.717, 1.165) is 12.0 Å². The third-order valence-corrected chi connectivity index (χ3v) is 3.03. The molecule has 1 aromatic carbocycles. The number of rotatable bonds is 5. The molecule has 0 amide bonds. The minimum absolute atomic E-state index is 0.396. The summed E-state index contributed by atoms with van der Waals surface area (Å²) in [5.41, 5.74) is -0.121. The molecule has 0 saturated heterocycles. The Morgan fingerprint density at radius 2 is 1.94 bits per heavy atom. The third kappa shape index (κ3) is 2.53. The number of carboxylic acids is 1. The van der Waals surface area contributed by atoms with Gasteiger partial charge in [-0.25, -0.2) is 0 Å². The summed E-state index contributed by atoms with van der Waals surface area (Å²) in [4.78, 5) is 23.2. The number of methoxy groups -OCH3 is 1. The number of hydrogen-bond donors (Lipinski definition) is 1. The summed E-state index contributed by atoms with van der Waals surface area (Å²) < 4.78 is 5.18. The van der Waals surface area contributed by atoms with Gasteiger partial charge in [-0.05, 0) is 44.0 Å². The van der Waals surface area contributed by atoms with Gasteiger partial charge in [-0.2, -0.15) is 0 Å². The molecule has 0 fully saturated rings. The number of aryl methyl sites for hydroxylation is 1. The molecule has 4 nitrogen and oxygen atoms in total. The summed E-state index contributed by atoms with van der Waals surface area (Å²) in [5.74, 6) is -0.809. The van der Waals surface area contributed by atoms with Crippen molar-refractivity contribution in [2.75, 3.05) is 7.11 Å². The lowest BCUT2D eigenvalue weighted by atomic mass is 9.84. The van der Waals surface area contributed by atoms with E-state index in [4.69, 9.17) is 9.84 Å². The molecule has 0 saturated carbocycles. The molecule has 1 N–H and O–H groups in total. The van der Waals surface area contributed by atoms with Gasteiger partial charge in [-0.1, -0.05) is 6.92 Å². The van der Waals surface area contributed by atoms with E-state index in [1.165, 1.54) is 13.8 Å². The van der Waals surface area contributed by atoms with Crippen LogP contribution in [0.25, 0.3) is 0 Å². The molecule has 0 aliphatic rings. The first-order chi connectivity index (χ1) is 8.34. The Bertz CT molecular complexity index is 475. The maximum atomic E-state index is 12.2. The van der Waals surface area contributed by atoms with Crippen molar-refractivity contribution in [3.05, 3.63) is 29.3 Å². The molecule has 0 unspecified atom stereocenters. The Kier molecular flexibility index (Phi) is 4.11. The predicted octanol–water partition coefficient (Wildman–Crippen LogP) is 2.55. The van der Waals surface area contributed by atoms with E-state index in [2.05, 4.69) is 0 Å². The fourth-order valence-corrected chi connectivity index (χ4v) is 1.65. The van der Waals surface area contributed by atoms with Gasteiger partial charge in [0, 0.05) is 5.56 Å². The molecule has 1 aromatic rings. The smallest absolute Gasteiger partial charge is 0.316 e. The minimum atomic E-state index is -1.42. The number of Topliss-reactive ketones (excluding diaryl/α,β-unsaturated/α-hetero) is 1. The molecule has 0 spiro atoms. The van der Waals surface area contributed by atoms with Crippen LogP contribution in [0.3, 0.4) is 0 Å². The largest absolute Gasteiger partial charge is 0.496 e. The van der Waals surface area contributed by atoms with E-state index in [1.807, 2.05) is 6.92 Å². The van der Waals surface area contributed by atoms with Crippen LogP contribution in [0.5, 0.6) is 5.75 Å². The highest BCUT2D eigenvalue weighted by atomic mass is 16.5. The molecule has 0 aliphatic carbocycles. The zero-order valence-electron chi connectivity index (χ0n) is 11.1. The standard InChI is InChI=1S/C14H18O4/c1-5-9-8-10(6-7-11(9)18-4)12(15)14(2,3)13(16)17/h6-8H,5H2,1-4H3,(H,16,17).